The molecule has 0 atom stereocenters. The van der Waals surface area contributed by atoms with Crippen molar-refractivity contribution in [2.24, 2.45) is 0 Å². The smallest absolute Gasteiger partial charge is 0.276 e. The van der Waals surface area contributed by atoms with Gasteiger partial charge in [-0.3, -0.25) is 9.69 Å². The summed E-state index contributed by atoms with van der Waals surface area (Å²) in [6.07, 6.45) is 3.39. The van der Waals surface area contributed by atoms with Gasteiger partial charge in [0, 0.05) is 17.1 Å². The topological polar surface area (TPSA) is 50.8 Å². The zero-order valence-corrected chi connectivity index (χ0v) is 16.8. The zero-order chi connectivity index (χ0) is 20.1. The molecule has 2 aromatic carbocycles. The van der Waals surface area contributed by atoms with Gasteiger partial charge in [-0.15, -0.1) is 6.58 Å². The summed E-state index contributed by atoms with van der Waals surface area (Å²) in [5.41, 5.74) is 2.10. The van der Waals surface area contributed by atoms with E-state index >= 15 is 0 Å². The van der Waals surface area contributed by atoms with Crippen molar-refractivity contribution >= 4 is 40.9 Å². The van der Waals surface area contributed by atoms with Gasteiger partial charge in [0.05, 0.1) is 7.11 Å². The quantitative estimate of drug-likeness (QED) is 0.418. The lowest BCUT2D eigenvalue weighted by atomic mass is 10.1. The molecule has 0 saturated carbocycles. The summed E-state index contributed by atoms with van der Waals surface area (Å²) in [5.74, 6) is 1.22. The minimum Gasteiger partial charge on any atom is -0.496 e. The minimum absolute atomic E-state index is 0.181. The number of carbonyl (C=O) groups is 1. The molecule has 1 saturated heterocycles. The molecule has 0 unspecified atom stereocenters. The predicted molar refractivity (Wildman–Crippen MR) is 114 cm³/mol. The molecule has 28 heavy (non-hydrogen) atoms. The zero-order valence-electron chi connectivity index (χ0n) is 15.3. The van der Waals surface area contributed by atoms with Gasteiger partial charge in [-0.1, -0.05) is 23.7 Å². The van der Waals surface area contributed by atoms with E-state index in [-0.39, 0.29) is 5.91 Å². The molecular weight excluding hydrogens is 396 g/mol. The highest BCUT2D eigenvalue weighted by Crippen LogP contribution is 2.24. The Morgan fingerprint density at radius 1 is 1.25 bits per heavy atom. The van der Waals surface area contributed by atoms with Gasteiger partial charge in [0.1, 0.15) is 23.8 Å². The molecule has 2 aromatic rings. The third kappa shape index (κ3) is 4.52. The van der Waals surface area contributed by atoms with E-state index < -0.39 is 0 Å². The fourth-order valence-corrected chi connectivity index (χ4v) is 3.12. The molecule has 0 aliphatic carbocycles. The second-order valence-corrected chi connectivity index (χ2v) is 6.83. The van der Waals surface area contributed by atoms with Crippen LogP contribution in [0.5, 0.6) is 11.5 Å². The van der Waals surface area contributed by atoms with Crippen molar-refractivity contribution in [3.8, 4) is 11.5 Å². The number of hydrogen-bond acceptors (Lipinski definition) is 4. The highest BCUT2D eigenvalue weighted by molar-refractivity contribution is 7.80. The maximum atomic E-state index is 12.5. The summed E-state index contributed by atoms with van der Waals surface area (Å²) in [6, 6.07) is 12.8. The standard InChI is InChI=1S/C21H19ClN2O3S/c1-3-10-24-20(25)18(23-21(24)28)12-14-4-9-19(26-2)15(11-14)13-27-17-7-5-16(22)6-8-17/h3-9,11-12H,1,10,13H2,2H3,(H,23,28). The lowest BCUT2D eigenvalue weighted by Crippen LogP contribution is -2.30. The molecule has 1 aliphatic rings. The number of nitrogens with zero attached hydrogens (tertiary/aromatic N) is 1. The van der Waals surface area contributed by atoms with Crippen LogP contribution in [0.15, 0.2) is 60.8 Å². The second kappa shape index (κ2) is 8.91. The molecule has 1 N–H and O–H groups in total. The fourth-order valence-electron chi connectivity index (χ4n) is 2.73. The third-order valence-corrected chi connectivity index (χ3v) is 4.67. The number of nitrogens with one attached hydrogen (secondary N) is 1. The number of benzene rings is 2. The van der Waals surface area contributed by atoms with Crippen molar-refractivity contribution in [2.45, 2.75) is 6.61 Å². The number of thiocarbonyl (C=S) groups is 1. The molecule has 1 aliphatic heterocycles. The number of ether oxygens (including phenoxy) is 2. The normalized spacial score (nSPS) is 14.9. The number of rotatable bonds is 7. The van der Waals surface area contributed by atoms with Crippen molar-refractivity contribution in [2.75, 3.05) is 13.7 Å². The first-order chi connectivity index (χ1) is 13.5. The van der Waals surface area contributed by atoms with E-state index in [0.717, 1.165) is 11.1 Å². The average molecular weight is 415 g/mol. The van der Waals surface area contributed by atoms with Crippen molar-refractivity contribution in [3.05, 3.63) is 77.0 Å². The first-order valence-corrected chi connectivity index (χ1v) is 9.31. The van der Waals surface area contributed by atoms with Gasteiger partial charge in [0.25, 0.3) is 5.91 Å². The van der Waals surface area contributed by atoms with Gasteiger partial charge >= 0.3 is 0 Å². The molecule has 0 spiro atoms. The maximum absolute atomic E-state index is 12.5. The molecule has 3 rings (SSSR count). The Labute approximate surface area is 174 Å². The van der Waals surface area contributed by atoms with Crippen molar-refractivity contribution < 1.29 is 14.3 Å². The molecular formula is C21H19ClN2O3S. The summed E-state index contributed by atoms with van der Waals surface area (Å²) in [7, 11) is 1.60. The molecule has 0 radical (unpaired) electrons. The summed E-state index contributed by atoms with van der Waals surface area (Å²) in [6.45, 7) is 4.32. The van der Waals surface area contributed by atoms with E-state index in [1.807, 2.05) is 18.2 Å². The Morgan fingerprint density at radius 3 is 2.68 bits per heavy atom. The maximum Gasteiger partial charge on any atom is 0.276 e. The van der Waals surface area contributed by atoms with Gasteiger partial charge in [-0.05, 0) is 60.3 Å². The SMILES string of the molecule is C=CCN1C(=O)C(=Cc2ccc(OC)c(COc3ccc(Cl)cc3)c2)NC1=S. The second-order valence-electron chi connectivity index (χ2n) is 6.01. The van der Waals surface area contributed by atoms with Crippen LogP contribution in [-0.4, -0.2) is 29.6 Å². The lowest BCUT2D eigenvalue weighted by molar-refractivity contribution is -0.122. The Balaban J connectivity index is 1.80. The van der Waals surface area contributed by atoms with Crippen LogP contribution >= 0.6 is 23.8 Å². The van der Waals surface area contributed by atoms with Crippen molar-refractivity contribution in [1.82, 2.24) is 10.2 Å². The van der Waals surface area contributed by atoms with E-state index in [2.05, 4.69) is 11.9 Å². The fraction of sp³-hybridized carbons (Fsp3) is 0.143. The van der Waals surface area contributed by atoms with Crippen LogP contribution in [0.2, 0.25) is 5.02 Å². The Bertz CT molecular complexity index is 941. The number of halogens is 1. The predicted octanol–water partition coefficient (Wildman–Crippen LogP) is 4.17. The Kier molecular flexibility index (Phi) is 6.34. The van der Waals surface area contributed by atoms with Crippen LogP contribution in [0.4, 0.5) is 0 Å². The summed E-state index contributed by atoms with van der Waals surface area (Å²) >= 11 is 11.1. The van der Waals surface area contributed by atoms with Crippen LogP contribution < -0.4 is 14.8 Å². The van der Waals surface area contributed by atoms with Crippen LogP contribution in [0.3, 0.4) is 0 Å². The molecule has 7 heteroatoms. The number of methoxy groups -OCH3 is 1. The molecule has 5 nitrogen and oxygen atoms in total. The largest absolute Gasteiger partial charge is 0.496 e. The van der Waals surface area contributed by atoms with E-state index in [1.54, 1.807) is 43.5 Å². The van der Waals surface area contributed by atoms with Gasteiger partial charge in [-0.25, -0.2) is 0 Å². The molecule has 0 aromatic heterocycles. The van der Waals surface area contributed by atoms with Crippen LogP contribution in [0.25, 0.3) is 6.08 Å². The first kappa shape index (κ1) is 19.9. The van der Waals surface area contributed by atoms with Crippen LogP contribution in [0, 0.1) is 0 Å². The molecule has 1 heterocycles. The molecule has 0 bridgehead atoms. The van der Waals surface area contributed by atoms with Gasteiger partial charge in [0.15, 0.2) is 5.11 Å². The molecule has 144 valence electrons. The van der Waals surface area contributed by atoms with E-state index in [4.69, 9.17) is 33.3 Å². The third-order valence-electron chi connectivity index (χ3n) is 4.10. The van der Waals surface area contributed by atoms with E-state index in [1.165, 1.54) is 4.90 Å². The number of carbonyl (C=O) groups excluding carboxylic acids is 1. The van der Waals surface area contributed by atoms with Crippen LogP contribution in [0.1, 0.15) is 11.1 Å². The minimum atomic E-state index is -0.181. The first-order valence-electron chi connectivity index (χ1n) is 8.52. The lowest BCUT2D eigenvalue weighted by Gasteiger charge is -2.11. The summed E-state index contributed by atoms with van der Waals surface area (Å²) < 4.78 is 11.2. The molecule has 1 amide bonds. The van der Waals surface area contributed by atoms with E-state index in [0.29, 0.717) is 40.5 Å². The average Bonchev–Trinajstić information content (AvgIpc) is 2.95. The van der Waals surface area contributed by atoms with Gasteiger partial charge < -0.3 is 14.8 Å². The number of hydrogen-bond donors (Lipinski definition) is 1. The Morgan fingerprint density at radius 2 is 2.00 bits per heavy atom. The highest BCUT2D eigenvalue weighted by Gasteiger charge is 2.29. The highest BCUT2D eigenvalue weighted by atomic mass is 35.5. The van der Waals surface area contributed by atoms with Gasteiger partial charge in [0.2, 0.25) is 0 Å². The van der Waals surface area contributed by atoms with Gasteiger partial charge in [-0.2, -0.15) is 0 Å². The number of amides is 1. The van der Waals surface area contributed by atoms with Crippen molar-refractivity contribution in [1.29, 1.82) is 0 Å². The van der Waals surface area contributed by atoms with Crippen LogP contribution in [-0.2, 0) is 11.4 Å². The summed E-state index contributed by atoms with van der Waals surface area (Å²) in [4.78, 5) is 13.9. The molecule has 1 fully saturated rings. The summed E-state index contributed by atoms with van der Waals surface area (Å²) in [5, 5.41) is 3.96. The van der Waals surface area contributed by atoms with Crippen molar-refractivity contribution in [3.63, 3.8) is 0 Å². The Hall–Kier alpha value is -2.83. The monoisotopic (exact) mass is 414 g/mol. The van der Waals surface area contributed by atoms with E-state index in [9.17, 15) is 4.79 Å².